The molecule has 1 aromatic heterocycles. The maximum Gasteiger partial charge on any atom is 0.148 e. The van der Waals surface area contributed by atoms with E-state index < -0.39 is 0 Å². The van der Waals surface area contributed by atoms with Gasteiger partial charge in [-0.25, -0.2) is 0 Å². The highest BCUT2D eigenvalue weighted by Gasteiger charge is 2.11. The molecule has 2 N–H and O–H groups in total. The molecule has 2 rings (SSSR count). The van der Waals surface area contributed by atoms with E-state index in [0.29, 0.717) is 0 Å². The van der Waals surface area contributed by atoms with E-state index >= 15 is 0 Å². The van der Waals surface area contributed by atoms with Crippen LogP contribution in [0.4, 0.5) is 0 Å². The fourth-order valence-electron chi connectivity index (χ4n) is 1.67. The lowest BCUT2D eigenvalue weighted by atomic mass is 10.1. The zero-order chi connectivity index (χ0) is 13.1. The molecule has 1 heterocycles. The van der Waals surface area contributed by atoms with Crippen molar-refractivity contribution < 1.29 is 4.74 Å². The summed E-state index contributed by atoms with van der Waals surface area (Å²) in [5.41, 5.74) is 7.77. The summed E-state index contributed by atoms with van der Waals surface area (Å²) in [5.74, 6) is 1.51. The van der Waals surface area contributed by atoms with Crippen LogP contribution in [0.2, 0.25) is 0 Å². The molecule has 0 radical (unpaired) electrons. The van der Waals surface area contributed by atoms with Crippen molar-refractivity contribution in [3.05, 3.63) is 52.3 Å². The largest absolute Gasteiger partial charge is 0.455 e. The summed E-state index contributed by atoms with van der Waals surface area (Å²) in [6.07, 6.45) is 1.75. The molecule has 0 bridgehead atoms. The Balaban J connectivity index is 2.39. The van der Waals surface area contributed by atoms with E-state index in [-0.39, 0.29) is 6.04 Å². The zero-order valence-electron chi connectivity index (χ0n) is 10.4. The number of pyridine rings is 1. The molecule has 1 atom stereocenters. The quantitative estimate of drug-likeness (QED) is 0.933. The Morgan fingerprint density at radius 1 is 1.28 bits per heavy atom. The standard InChI is InChI=1S/C14H15BrN2O/c1-9(16)12-6-5-11(15)8-14(12)18-13-4-3-7-17-10(13)2/h3-9H,16H2,1-2H3. The molecule has 0 saturated heterocycles. The van der Waals surface area contributed by atoms with Gasteiger partial charge in [0.15, 0.2) is 0 Å². The van der Waals surface area contributed by atoms with Crippen LogP contribution in [0.25, 0.3) is 0 Å². The maximum atomic E-state index is 5.95. The number of nitrogens with zero attached hydrogens (tertiary/aromatic N) is 1. The molecule has 18 heavy (non-hydrogen) atoms. The Morgan fingerprint density at radius 2 is 2.06 bits per heavy atom. The number of aryl methyl sites for hydroxylation is 1. The minimum absolute atomic E-state index is 0.0786. The molecule has 2 aromatic rings. The van der Waals surface area contributed by atoms with Crippen LogP contribution in [0.1, 0.15) is 24.2 Å². The van der Waals surface area contributed by atoms with Crippen LogP contribution in [-0.2, 0) is 0 Å². The van der Waals surface area contributed by atoms with E-state index in [4.69, 9.17) is 10.5 Å². The minimum Gasteiger partial charge on any atom is -0.455 e. The second kappa shape index (κ2) is 5.50. The number of benzene rings is 1. The average Bonchev–Trinajstić information content (AvgIpc) is 2.32. The Hall–Kier alpha value is -1.39. The number of halogens is 1. The van der Waals surface area contributed by atoms with E-state index in [1.807, 2.05) is 44.2 Å². The molecule has 3 nitrogen and oxygen atoms in total. The number of hydrogen-bond donors (Lipinski definition) is 1. The number of rotatable bonds is 3. The van der Waals surface area contributed by atoms with Crippen LogP contribution in [0.3, 0.4) is 0 Å². The first-order chi connectivity index (χ1) is 8.58. The summed E-state index contributed by atoms with van der Waals surface area (Å²) in [6, 6.07) is 9.52. The van der Waals surface area contributed by atoms with Crippen molar-refractivity contribution in [2.24, 2.45) is 5.73 Å². The summed E-state index contributed by atoms with van der Waals surface area (Å²) in [5, 5.41) is 0. The highest BCUT2D eigenvalue weighted by atomic mass is 79.9. The smallest absolute Gasteiger partial charge is 0.148 e. The second-order valence-corrected chi connectivity index (χ2v) is 5.08. The van der Waals surface area contributed by atoms with Crippen molar-refractivity contribution in [1.29, 1.82) is 0 Å². The lowest BCUT2D eigenvalue weighted by molar-refractivity contribution is 0.465. The van der Waals surface area contributed by atoms with E-state index in [1.165, 1.54) is 0 Å². The number of ether oxygens (including phenoxy) is 1. The summed E-state index contributed by atoms with van der Waals surface area (Å²) >= 11 is 3.44. The number of nitrogens with two attached hydrogens (primary N) is 1. The molecule has 0 spiro atoms. The molecule has 0 fully saturated rings. The molecule has 0 aliphatic heterocycles. The molecular formula is C14H15BrN2O. The second-order valence-electron chi connectivity index (χ2n) is 4.16. The highest BCUT2D eigenvalue weighted by Crippen LogP contribution is 2.32. The third-order valence-corrected chi connectivity index (χ3v) is 3.14. The van der Waals surface area contributed by atoms with Crippen molar-refractivity contribution in [2.45, 2.75) is 19.9 Å². The van der Waals surface area contributed by atoms with Gasteiger partial charge in [0.25, 0.3) is 0 Å². The van der Waals surface area contributed by atoms with Crippen LogP contribution in [-0.4, -0.2) is 4.98 Å². The molecule has 0 aliphatic carbocycles. The molecular weight excluding hydrogens is 292 g/mol. The van der Waals surface area contributed by atoms with Gasteiger partial charge in [0, 0.05) is 22.3 Å². The third-order valence-electron chi connectivity index (χ3n) is 2.64. The minimum atomic E-state index is -0.0786. The van der Waals surface area contributed by atoms with Gasteiger partial charge in [-0.15, -0.1) is 0 Å². The Bertz CT molecular complexity index is 555. The fraction of sp³-hybridized carbons (Fsp3) is 0.214. The molecule has 4 heteroatoms. The zero-order valence-corrected chi connectivity index (χ0v) is 11.9. The SMILES string of the molecule is Cc1ncccc1Oc1cc(Br)ccc1C(C)N. The van der Waals surface area contributed by atoms with Crippen molar-refractivity contribution in [3.8, 4) is 11.5 Å². The first-order valence-corrected chi connectivity index (χ1v) is 6.51. The van der Waals surface area contributed by atoms with Crippen molar-refractivity contribution in [3.63, 3.8) is 0 Å². The summed E-state index contributed by atoms with van der Waals surface area (Å²) in [6.45, 7) is 3.85. The van der Waals surface area contributed by atoms with E-state index in [0.717, 1.165) is 27.2 Å². The molecule has 0 amide bonds. The van der Waals surface area contributed by atoms with Crippen molar-refractivity contribution in [2.75, 3.05) is 0 Å². The molecule has 0 saturated carbocycles. The Kier molecular flexibility index (Phi) is 3.99. The van der Waals surface area contributed by atoms with Crippen molar-refractivity contribution in [1.82, 2.24) is 4.98 Å². The predicted octanol–water partition coefficient (Wildman–Crippen LogP) is 3.96. The van der Waals surface area contributed by atoms with E-state index in [2.05, 4.69) is 20.9 Å². The van der Waals surface area contributed by atoms with Crippen LogP contribution in [0.15, 0.2) is 41.0 Å². The van der Waals surface area contributed by atoms with Crippen LogP contribution in [0, 0.1) is 6.92 Å². The summed E-state index contributed by atoms with van der Waals surface area (Å²) in [7, 11) is 0. The molecule has 1 unspecified atom stereocenters. The average molecular weight is 307 g/mol. The Morgan fingerprint density at radius 3 is 2.72 bits per heavy atom. The van der Waals surface area contributed by atoms with Crippen LogP contribution < -0.4 is 10.5 Å². The molecule has 1 aromatic carbocycles. The van der Waals surface area contributed by atoms with E-state index in [9.17, 15) is 0 Å². The summed E-state index contributed by atoms with van der Waals surface area (Å²) in [4.78, 5) is 4.20. The first kappa shape index (κ1) is 13.1. The van der Waals surface area contributed by atoms with Gasteiger partial charge in [-0.1, -0.05) is 22.0 Å². The van der Waals surface area contributed by atoms with Crippen LogP contribution >= 0.6 is 15.9 Å². The van der Waals surface area contributed by atoms with E-state index in [1.54, 1.807) is 6.20 Å². The topological polar surface area (TPSA) is 48.1 Å². The summed E-state index contributed by atoms with van der Waals surface area (Å²) < 4.78 is 6.87. The van der Waals surface area contributed by atoms with Gasteiger partial charge < -0.3 is 10.5 Å². The lowest BCUT2D eigenvalue weighted by Gasteiger charge is -2.15. The van der Waals surface area contributed by atoms with Gasteiger partial charge in [0.2, 0.25) is 0 Å². The fourth-order valence-corrected chi connectivity index (χ4v) is 2.01. The van der Waals surface area contributed by atoms with Gasteiger partial charge in [0.1, 0.15) is 11.5 Å². The highest BCUT2D eigenvalue weighted by molar-refractivity contribution is 9.10. The molecule has 0 aliphatic rings. The normalized spacial score (nSPS) is 12.2. The predicted molar refractivity (Wildman–Crippen MR) is 75.8 cm³/mol. The third kappa shape index (κ3) is 2.89. The van der Waals surface area contributed by atoms with Crippen molar-refractivity contribution >= 4 is 15.9 Å². The van der Waals surface area contributed by atoms with Gasteiger partial charge in [-0.05, 0) is 38.1 Å². The monoisotopic (exact) mass is 306 g/mol. The molecule has 94 valence electrons. The maximum absolute atomic E-state index is 5.95. The number of aromatic nitrogens is 1. The van der Waals surface area contributed by atoms with Gasteiger partial charge in [0.05, 0.1) is 5.69 Å². The lowest BCUT2D eigenvalue weighted by Crippen LogP contribution is -2.06. The van der Waals surface area contributed by atoms with Crippen LogP contribution in [0.5, 0.6) is 11.5 Å². The first-order valence-electron chi connectivity index (χ1n) is 5.72. The number of hydrogen-bond acceptors (Lipinski definition) is 3. The Labute approximate surface area is 115 Å². The van der Waals surface area contributed by atoms with Gasteiger partial charge in [-0.2, -0.15) is 0 Å². The van der Waals surface area contributed by atoms with Gasteiger partial charge >= 0.3 is 0 Å². The van der Waals surface area contributed by atoms with Gasteiger partial charge in [-0.3, -0.25) is 4.98 Å².